The Bertz CT molecular complexity index is 312. The topological polar surface area (TPSA) is 83.5 Å². The van der Waals surface area contributed by atoms with E-state index in [1.54, 1.807) is 17.5 Å². The summed E-state index contributed by atoms with van der Waals surface area (Å²) in [6.45, 7) is 4.60. The van der Waals surface area contributed by atoms with E-state index in [-0.39, 0.29) is 17.8 Å². The number of amidine groups is 1. The number of oxime groups is 1. The largest absolute Gasteiger partial charge is 0.409 e. The van der Waals surface area contributed by atoms with Crippen LogP contribution in [0, 0.1) is 5.92 Å². The van der Waals surface area contributed by atoms with Crippen LogP contribution in [-0.2, 0) is 0 Å². The van der Waals surface area contributed by atoms with Gasteiger partial charge in [-0.05, 0) is 6.92 Å². The molecule has 0 aliphatic heterocycles. The van der Waals surface area contributed by atoms with Crippen LogP contribution < -0.4 is 11.1 Å². The van der Waals surface area contributed by atoms with Crippen molar-refractivity contribution in [3.63, 3.8) is 0 Å². The summed E-state index contributed by atoms with van der Waals surface area (Å²) < 4.78 is 0. The average molecular weight is 228 g/mol. The second kappa shape index (κ2) is 5.67. The molecule has 1 heterocycles. The van der Waals surface area contributed by atoms with Gasteiger partial charge in [-0.25, -0.2) is 4.98 Å². The van der Waals surface area contributed by atoms with Crippen LogP contribution in [-0.4, -0.2) is 22.6 Å². The average Bonchev–Trinajstić information content (AvgIpc) is 2.77. The molecule has 4 N–H and O–H groups in total. The molecule has 5 nitrogen and oxygen atoms in total. The van der Waals surface area contributed by atoms with Crippen LogP contribution in [0.1, 0.15) is 24.9 Å². The number of hydrogen-bond donors (Lipinski definition) is 3. The minimum Gasteiger partial charge on any atom is -0.409 e. The van der Waals surface area contributed by atoms with E-state index in [0.717, 1.165) is 5.01 Å². The highest BCUT2D eigenvalue weighted by molar-refractivity contribution is 7.09. The second-order valence-electron chi connectivity index (χ2n) is 3.43. The fourth-order valence-electron chi connectivity index (χ4n) is 1.09. The Balaban J connectivity index is 2.38. The molecule has 0 aliphatic rings. The van der Waals surface area contributed by atoms with E-state index in [9.17, 15) is 0 Å². The van der Waals surface area contributed by atoms with Gasteiger partial charge in [0.1, 0.15) is 10.8 Å². The summed E-state index contributed by atoms with van der Waals surface area (Å²) in [5.74, 6) is 0.256. The molecular formula is C9H16N4OS. The number of nitrogens with two attached hydrogens (primary N) is 1. The molecule has 0 spiro atoms. The molecule has 1 aromatic heterocycles. The molecule has 0 aromatic carbocycles. The zero-order valence-corrected chi connectivity index (χ0v) is 9.66. The Hall–Kier alpha value is -1.14. The summed E-state index contributed by atoms with van der Waals surface area (Å²) in [6, 6.07) is 0.193. The van der Waals surface area contributed by atoms with E-state index in [4.69, 9.17) is 10.9 Å². The van der Waals surface area contributed by atoms with Crippen LogP contribution in [0.2, 0.25) is 0 Å². The third kappa shape index (κ3) is 3.49. The number of nitrogens with one attached hydrogen (secondary N) is 1. The quantitative estimate of drug-likeness (QED) is 0.306. The summed E-state index contributed by atoms with van der Waals surface area (Å²) in [5.41, 5.74) is 5.47. The maximum absolute atomic E-state index is 8.48. The number of nitrogens with zero attached hydrogens (tertiary/aromatic N) is 2. The van der Waals surface area contributed by atoms with Gasteiger partial charge in [-0.15, -0.1) is 11.3 Å². The minimum absolute atomic E-state index is 0.0115. The highest BCUT2D eigenvalue weighted by atomic mass is 32.1. The Morgan fingerprint density at radius 3 is 3.00 bits per heavy atom. The smallest absolute Gasteiger partial charge is 0.143 e. The second-order valence-corrected chi connectivity index (χ2v) is 4.35. The molecule has 6 heteroatoms. The molecule has 2 atom stereocenters. The molecule has 84 valence electrons. The Labute approximate surface area is 93.0 Å². The maximum Gasteiger partial charge on any atom is 0.143 e. The van der Waals surface area contributed by atoms with E-state index < -0.39 is 0 Å². The molecule has 1 rings (SSSR count). The highest BCUT2D eigenvalue weighted by Gasteiger charge is 2.11. The van der Waals surface area contributed by atoms with Crippen LogP contribution in [0.5, 0.6) is 0 Å². The van der Waals surface area contributed by atoms with Gasteiger partial charge in [0, 0.05) is 24.0 Å². The molecule has 0 saturated heterocycles. The first-order valence-corrected chi connectivity index (χ1v) is 5.63. The van der Waals surface area contributed by atoms with Gasteiger partial charge in [-0.3, -0.25) is 0 Å². The number of thiazole rings is 1. The number of rotatable bonds is 5. The van der Waals surface area contributed by atoms with E-state index in [0.29, 0.717) is 6.54 Å². The minimum atomic E-state index is 0.0115. The summed E-state index contributed by atoms with van der Waals surface area (Å²) in [4.78, 5) is 4.20. The van der Waals surface area contributed by atoms with Gasteiger partial charge in [0.05, 0.1) is 6.04 Å². The van der Waals surface area contributed by atoms with Crippen molar-refractivity contribution in [2.75, 3.05) is 6.54 Å². The van der Waals surface area contributed by atoms with Crippen LogP contribution in [0.4, 0.5) is 0 Å². The van der Waals surface area contributed by atoms with Gasteiger partial charge >= 0.3 is 0 Å². The first kappa shape index (κ1) is 11.9. The van der Waals surface area contributed by atoms with Gasteiger partial charge in [0.2, 0.25) is 0 Å². The van der Waals surface area contributed by atoms with Gasteiger partial charge in [0.25, 0.3) is 0 Å². The molecule has 2 unspecified atom stereocenters. The van der Waals surface area contributed by atoms with Crippen molar-refractivity contribution in [1.29, 1.82) is 0 Å². The molecule has 0 saturated carbocycles. The van der Waals surface area contributed by atoms with E-state index in [1.807, 2.05) is 19.2 Å². The van der Waals surface area contributed by atoms with Crippen molar-refractivity contribution >= 4 is 17.2 Å². The number of hydrogen-bond acceptors (Lipinski definition) is 5. The van der Waals surface area contributed by atoms with Crippen molar-refractivity contribution < 1.29 is 5.21 Å². The van der Waals surface area contributed by atoms with Crippen molar-refractivity contribution in [2.24, 2.45) is 16.8 Å². The van der Waals surface area contributed by atoms with Gasteiger partial charge < -0.3 is 16.3 Å². The van der Waals surface area contributed by atoms with Crippen LogP contribution in [0.3, 0.4) is 0 Å². The lowest BCUT2D eigenvalue weighted by atomic mass is 10.1. The standard InChI is InChI=1S/C9H16N4OS/c1-6(8(10)13-14)5-12-7(2)9-11-3-4-15-9/h3-4,6-7,12,14H,5H2,1-2H3,(H2,10,13). The molecule has 0 aliphatic carbocycles. The first-order chi connectivity index (χ1) is 7.15. The maximum atomic E-state index is 8.48. The summed E-state index contributed by atoms with van der Waals surface area (Å²) in [6.07, 6.45) is 1.78. The first-order valence-electron chi connectivity index (χ1n) is 4.75. The van der Waals surface area contributed by atoms with Gasteiger partial charge in [-0.1, -0.05) is 12.1 Å². The Morgan fingerprint density at radius 1 is 1.73 bits per heavy atom. The van der Waals surface area contributed by atoms with Gasteiger partial charge in [0.15, 0.2) is 0 Å². The summed E-state index contributed by atoms with van der Waals surface area (Å²) >= 11 is 1.61. The zero-order chi connectivity index (χ0) is 11.3. The third-order valence-electron chi connectivity index (χ3n) is 2.17. The lowest BCUT2D eigenvalue weighted by Gasteiger charge is -2.14. The Morgan fingerprint density at radius 2 is 2.47 bits per heavy atom. The molecular weight excluding hydrogens is 212 g/mol. The fraction of sp³-hybridized carbons (Fsp3) is 0.556. The predicted octanol–water partition coefficient (Wildman–Crippen LogP) is 1.18. The van der Waals surface area contributed by atoms with E-state index in [2.05, 4.69) is 15.5 Å². The van der Waals surface area contributed by atoms with Crippen LogP contribution in [0.15, 0.2) is 16.7 Å². The van der Waals surface area contributed by atoms with Crippen molar-refractivity contribution in [1.82, 2.24) is 10.3 Å². The third-order valence-corrected chi connectivity index (χ3v) is 3.13. The van der Waals surface area contributed by atoms with Crippen molar-refractivity contribution in [3.8, 4) is 0 Å². The molecule has 15 heavy (non-hydrogen) atoms. The lowest BCUT2D eigenvalue weighted by molar-refractivity contribution is 0.313. The normalized spacial score (nSPS) is 16.3. The summed E-state index contributed by atoms with van der Waals surface area (Å²) in [7, 11) is 0. The van der Waals surface area contributed by atoms with Crippen molar-refractivity contribution in [3.05, 3.63) is 16.6 Å². The van der Waals surface area contributed by atoms with E-state index >= 15 is 0 Å². The SMILES string of the molecule is CC(CNC(C)c1nccs1)C(N)=NO. The molecule has 0 fully saturated rings. The lowest BCUT2D eigenvalue weighted by Crippen LogP contribution is -2.32. The molecule has 0 radical (unpaired) electrons. The molecule has 0 bridgehead atoms. The van der Waals surface area contributed by atoms with Crippen LogP contribution in [0.25, 0.3) is 0 Å². The Kier molecular flexibility index (Phi) is 4.51. The zero-order valence-electron chi connectivity index (χ0n) is 8.84. The molecule has 1 aromatic rings. The predicted molar refractivity (Wildman–Crippen MR) is 61.1 cm³/mol. The fourth-order valence-corrected chi connectivity index (χ4v) is 1.76. The monoisotopic (exact) mass is 228 g/mol. The summed E-state index contributed by atoms with van der Waals surface area (Å²) in [5, 5.41) is 17.7. The van der Waals surface area contributed by atoms with Gasteiger partial charge in [-0.2, -0.15) is 0 Å². The van der Waals surface area contributed by atoms with E-state index in [1.165, 1.54) is 0 Å². The highest BCUT2D eigenvalue weighted by Crippen LogP contribution is 2.14. The van der Waals surface area contributed by atoms with Crippen molar-refractivity contribution in [2.45, 2.75) is 19.9 Å². The van der Waals surface area contributed by atoms with Crippen LogP contribution >= 0.6 is 11.3 Å². The molecule has 0 amide bonds. The number of aromatic nitrogens is 1.